The number of carboxylic acids is 1. The Hall–Kier alpha value is -5.11. The van der Waals surface area contributed by atoms with Crippen LogP contribution >= 0.6 is 0 Å². The quantitative estimate of drug-likeness (QED) is 0.105. The van der Waals surface area contributed by atoms with Crippen molar-refractivity contribution in [3.05, 3.63) is 71.8 Å². The first-order valence-corrected chi connectivity index (χ1v) is 18.5. The molecular formula is C39H49N5O9. The molecule has 2 aromatic rings. The largest absolute Gasteiger partial charge is 0.479 e. The molecule has 5 atom stereocenters. The van der Waals surface area contributed by atoms with Gasteiger partial charge in [-0.2, -0.15) is 0 Å². The highest BCUT2D eigenvalue weighted by molar-refractivity contribution is 6.38. The molecule has 0 heterocycles. The molecule has 3 unspecified atom stereocenters. The van der Waals surface area contributed by atoms with Crippen molar-refractivity contribution in [3.63, 3.8) is 0 Å². The Morgan fingerprint density at radius 3 is 1.74 bits per heavy atom. The van der Waals surface area contributed by atoms with E-state index < -0.39 is 78.1 Å². The number of nitrogens with one attached hydrogen (secondary N) is 5. The zero-order valence-corrected chi connectivity index (χ0v) is 29.6. The lowest BCUT2D eigenvalue weighted by atomic mass is 9.83. The van der Waals surface area contributed by atoms with Gasteiger partial charge in [0.2, 0.25) is 23.5 Å². The van der Waals surface area contributed by atoms with Crippen LogP contribution in [-0.4, -0.2) is 76.2 Å². The second-order valence-corrected chi connectivity index (χ2v) is 14.5. The number of carboxylic acid groups (broad SMARTS) is 1. The zero-order chi connectivity index (χ0) is 37.9. The molecule has 3 fully saturated rings. The number of aliphatic carboxylic acids is 1. The molecular weight excluding hydrogens is 682 g/mol. The fourth-order valence-corrected chi connectivity index (χ4v) is 6.81. The second-order valence-electron chi connectivity index (χ2n) is 14.5. The lowest BCUT2D eigenvalue weighted by molar-refractivity contribution is -0.142. The summed E-state index contributed by atoms with van der Waals surface area (Å²) in [5.74, 6) is -6.04. The van der Waals surface area contributed by atoms with Gasteiger partial charge in [-0.3, -0.25) is 28.8 Å². The number of carbonyl (C=O) groups excluding carboxylic acids is 6. The zero-order valence-electron chi connectivity index (χ0n) is 29.6. The molecule has 3 saturated carbocycles. The molecule has 5 rings (SSSR count). The van der Waals surface area contributed by atoms with Gasteiger partial charge >= 0.3 is 5.97 Å². The number of rotatable bonds is 19. The normalized spacial score (nSPS) is 18.6. The third kappa shape index (κ3) is 11.7. The van der Waals surface area contributed by atoms with Crippen molar-refractivity contribution in [2.45, 2.75) is 101 Å². The van der Waals surface area contributed by atoms with E-state index in [0.29, 0.717) is 30.4 Å². The van der Waals surface area contributed by atoms with Gasteiger partial charge in [0.05, 0.1) is 12.6 Å². The topological polar surface area (TPSA) is 220 Å². The molecule has 0 spiro atoms. The lowest BCUT2D eigenvalue weighted by Crippen LogP contribution is -2.58. The highest BCUT2D eigenvalue weighted by Gasteiger charge is 2.39. The van der Waals surface area contributed by atoms with Crippen LogP contribution in [0.3, 0.4) is 0 Å². The maximum atomic E-state index is 13.9. The molecule has 0 saturated heterocycles. The Labute approximate surface area is 308 Å². The number of aliphatic hydroxyl groups is 1. The molecule has 0 aromatic heterocycles. The number of Topliss-reactive ketones (excluding diaryl/α,β-unsaturated/α-hetero) is 1. The fourth-order valence-electron chi connectivity index (χ4n) is 6.81. The summed E-state index contributed by atoms with van der Waals surface area (Å²) >= 11 is 0. The summed E-state index contributed by atoms with van der Waals surface area (Å²) in [6, 6.07) is 11.8. The summed E-state index contributed by atoms with van der Waals surface area (Å²) in [4.78, 5) is 91.7. The van der Waals surface area contributed by atoms with Crippen LogP contribution in [0.4, 0.5) is 0 Å². The molecule has 0 bridgehead atoms. The van der Waals surface area contributed by atoms with Crippen LogP contribution in [0.5, 0.6) is 0 Å². The molecule has 284 valence electrons. The predicted octanol–water partition coefficient (Wildman–Crippen LogP) is 1.98. The van der Waals surface area contributed by atoms with Crippen molar-refractivity contribution < 1.29 is 43.8 Å². The van der Waals surface area contributed by atoms with E-state index >= 15 is 0 Å². The van der Waals surface area contributed by atoms with Gasteiger partial charge in [0.1, 0.15) is 12.1 Å². The molecule has 2 aromatic carbocycles. The number of benzene rings is 2. The second kappa shape index (κ2) is 18.6. The number of carbonyl (C=O) groups is 7. The van der Waals surface area contributed by atoms with Crippen LogP contribution in [0.1, 0.15) is 93.9 Å². The molecule has 3 aliphatic carbocycles. The first kappa shape index (κ1) is 39.1. The van der Waals surface area contributed by atoms with Crippen LogP contribution in [0, 0.1) is 17.8 Å². The van der Waals surface area contributed by atoms with Gasteiger partial charge in [-0.25, -0.2) is 4.79 Å². The Morgan fingerprint density at radius 1 is 0.623 bits per heavy atom. The molecule has 0 aliphatic heterocycles. The monoisotopic (exact) mass is 731 g/mol. The maximum absolute atomic E-state index is 13.9. The minimum atomic E-state index is -1.49. The van der Waals surface area contributed by atoms with Crippen molar-refractivity contribution >= 4 is 41.3 Å². The van der Waals surface area contributed by atoms with E-state index in [-0.39, 0.29) is 24.2 Å². The summed E-state index contributed by atoms with van der Waals surface area (Å²) in [5.41, 5.74) is 0.708. The number of amides is 5. The van der Waals surface area contributed by atoms with Gasteiger partial charge in [0.15, 0.2) is 12.1 Å². The number of aliphatic hydroxyl groups excluding tert-OH is 1. The standard InChI is InChI=1S/C39H49N5O9/c45-30(43-32(39(52)53)26-12-6-2-7-13-26)22-40-37(50)34(47)28(20-23-16-17-23)41-35(48)29(21-24-18-19-24)42-36(49)31(25-10-4-1-5-11-25)44-38(51)33(46)27-14-8-3-9-15-27/h2-3,6-9,12-15,23-25,28-29,31-33,46H,1,4-5,10-11,16-22H2,(H,40,50)(H,41,48)(H,42,49)(H,43,45)(H,44,51)(H,52,53)/t28?,29-,31-,32?,33?/m0/s1. The van der Waals surface area contributed by atoms with E-state index in [1.807, 2.05) is 0 Å². The van der Waals surface area contributed by atoms with Crippen molar-refractivity contribution in [1.82, 2.24) is 26.6 Å². The molecule has 14 nitrogen and oxygen atoms in total. The van der Waals surface area contributed by atoms with Crippen LogP contribution < -0.4 is 26.6 Å². The first-order chi connectivity index (χ1) is 25.5. The Morgan fingerprint density at radius 2 is 1.17 bits per heavy atom. The molecule has 14 heteroatoms. The van der Waals surface area contributed by atoms with E-state index in [4.69, 9.17) is 0 Å². The van der Waals surface area contributed by atoms with Crippen molar-refractivity contribution in [3.8, 4) is 0 Å². The molecule has 0 radical (unpaired) electrons. The third-order valence-corrected chi connectivity index (χ3v) is 10.2. The van der Waals surface area contributed by atoms with Crippen LogP contribution in [0.15, 0.2) is 60.7 Å². The van der Waals surface area contributed by atoms with Gasteiger partial charge in [0, 0.05) is 0 Å². The smallest absolute Gasteiger partial charge is 0.330 e. The highest BCUT2D eigenvalue weighted by atomic mass is 16.4. The summed E-state index contributed by atoms with van der Waals surface area (Å²) in [5, 5.41) is 33.2. The van der Waals surface area contributed by atoms with Crippen molar-refractivity contribution in [2.75, 3.05) is 6.54 Å². The predicted molar refractivity (Wildman–Crippen MR) is 191 cm³/mol. The minimum Gasteiger partial charge on any atom is -0.479 e. The molecule has 7 N–H and O–H groups in total. The fraction of sp³-hybridized carbons (Fsp3) is 0.513. The summed E-state index contributed by atoms with van der Waals surface area (Å²) in [7, 11) is 0. The average Bonchev–Trinajstić information content (AvgIpc) is 4.12. The third-order valence-electron chi connectivity index (χ3n) is 10.2. The van der Waals surface area contributed by atoms with Crippen LogP contribution in [-0.2, 0) is 33.6 Å². The Kier molecular flexibility index (Phi) is 13.7. The highest BCUT2D eigenvalue weighted by Crippen LogP contribution is 2.35. The van der Waals surface area contributed by atoms with Gasteiger partial charge in [-0.05, 0) is 54.6 Å². The molecule has 53 heavy (non-hydrogen) atoms. The minimum absolute atomic E-state index is 0.112. The van der Waals surface area contributed by atoms with Gasteiger partial charge in [0.25, 0.3) is 11.8 Å². The summed E-state index contributed by atoms with van der Waals surface area (Å²) < 4.78 is 0. The van der Waals surface area contributed by atoms with Crippen LogP contribution in [0.2, 0.25) is 0 Å². The van der Waals surface area contributed by atoms with E-state index in [2.05, 4.69) is 26.6 Å². The van der Waals surface area contributed by atoms with E-state index in [0.717, 1.165) is 44.9 Å². The van der Waals surface area contributed by atoms with E-state index in [9.17, 15) is 43.8 Å². The van der Waals surface area contributed by atoms with Crippen molar-refractivity contribution in [1.29, 1.82) is 0 Å². The van der Waals surface area contributed by atoms with Gasteiger partial charge in [-0.15, -0.1) is 0 Å². The van der Waals surface area contributed by atoms with E-state index in [1.54, 1.807) is 48.5 Å². The summed E-state index contributed by atoms with van der Waals surface area (Å²) in [6.45, 7) is -0.668. The number of hydrogen-bond acceptors (Lipinski definition) is 8. The lowest BCUT2D eigenvalue weighted by Gasteiger charge is -2.32. The van der Waals surface area contributed by atoms with Crippen molar-refractivity contribution in [2.24, 2.45) is 17.8 Å². The Bertz CT molecular complexity index is 1620. The average molecular weight is 732 g/mol. The summed E-state index contributed by atoms with van der Waals surface area (Å²) in [6.07, 6.45) is 6.51. The maximum Gasteiger partial charge on any atom is 0.330 e. The number of hydrogen-bond donors (Lipinski definition) is 7. The van der Waals surface area contributed by atoms with E-state index in [1.165, 1.54) is 12.1 Å². The van der Waals surface area contributed by atoms with Crippen LogP contribution in [0.25, 0.3) is 0 Å². The molecule has 5 amide bonds. The SMILES string of the molecule is O=C(CNC(=O)C(=O)C(CC1CC1)NC(=O)[C@H](CC1CC1)NC(=O)[C@@H](NC(=O)C(O)c1ccccc1)C1CCCCC1)NC(C(=O)O)c1ccccc1. The first-order valence-electron chi connectivity index (χ1n) is 18.5. The Balaban J connectivity index is 1.22. The molecule has 3 aliphatic rings. The van der Waals surface area contributed by atoms with Gasteiger partial charge in [-0.1, -0.05) is 106 Å². The van der Waals surface area contributed by atoms with Gasteiger partial charge < -0.3 is 36.8 Å². The number of ketones is 1.